The van der Waals surface area contributed by atoms with Gasteiger partial charge in [0.2, 0.25) is 0 Å². The average molecular weight is 393 g/mol. The van der Waals surface area contributed by atoms with Gasteiger partial charge in [-0.1, -0.05) is 17.9 Å². The van der Waals surface area contributed by atoms with Crippen LogP contribution in [0.3, 0.4) is 0 Å². The predicted molar refractivity (Wildman–Crippen MR) is 111 cm³/mol. The van der Waals surface area contributed by atoms with Crippen LogP contribution in [0, 0.1) is 31.6 Å². The molecule has 1 aliphatic heterocycles. The topological polar surface area (TPSA) is 49.7 Å². The SMILES string of the molecule is Cc1cc(C#CC2CC2)ccc1Cn1c(C)cc(OC[C@H]2COCCO2)cc1=O. The average Bonchev–Trinajstić information content (AvgIpc) is 3.54. The summed E-state index contributed by atoms with van der Waals surface area (Å²) in [4.78, 5) is 12.7. The predicted octanol–water partition coefficient (Wildman–Crippen LogP) is 3.07. The zero-order valence-corrected chi connectivity index (χ0v) is 17.1. The fourth-order valence-corrected chi connectivity index (χ4v) is 3.34. The summed E-state index contributed by atoms with van der Waals surface area (Å²) in [5, 5.41) is 0. The number of nitrogens with zero attached hydrogens (tertiary/aromatic N) is 1. The first-order valence-electron chi connectivity index (χ1n) is 10.2. The van der Waals surface area contributed by atoms with Crippen LogP contribution in [0.4, 0.5) is 0 Å². The van der Waals surface area contributed by atoms with Crippen molar-refractivity contribution in [1.82, 2.24) is 4.57 Å². The molecule has 152 valence electrons. The van der Waals surface area contributed by atoms with Gasteiger partial charge >= 0.3 is 0 Å². The molecule has 2 heterocycles. The first kappa shape index (κ1) is 19.8. The van der Waals surface area contributed by atoms with E-state index in [0.29, 0.717) is 44.6 Å². The lowest BCUT2D eigenvalue weighted by molar-refractivity contribution is -0.101. The molecule has 0 spiro atoms. The minimum absolute atomic E-state index is 0.0715. The molecule has 0 bridgehead atoms. The fourth-order valence-electron chi connectivity index (χ4n) is 3.34. The molecular formula is C24H27NO4. The summed E-state index contributed by atoms with van der Waals surface area (Å²) in [5.41, 5.74) is 4.10. The third kappa shape index (κ3) is 5.29. The Morgan fingerprint density at radius 1 is 1.17 bits per heavy atom. The fraction of sp³-hybridized carbons (Fsp3) is 0.458. The second-order valence-corrected chi connectivity index (χ2v) is 7.82. The maximum Gasteiger partial charge on any atom is 0.254 e. The highest BCUT2D eigenvalue weighted by Gasteiger charge is 2.18. The normalized spacial score (nSPS) is 18.8. The zero-order valence-electron chi connectivity index (χ0n) is 17.1. The third-order valence-electron chi connectivity index (χ3n) is 5.30. The van der Waals surface area contributed by atoms with Gasteiger partial charge in [-0.25, -0.2) is 0 Å². The molecular weight excluding hydrogens is 366 g/mol. The number of aromatic nitrogens is 1. The number of aryl methyl sites for hydroxylation is 2. The van der Waals surface area contributed by atoms with E-state index >= 15 is 0 Å². The van der Waals surface area contributed by atoms with Crippen molar-refractivity contribution < 1.29 is 14.2 Å². The van der Waals surface area contributed by atoms with E-state index < -0.39 is 0 Å². The van der Waals surface area contributed by atoms with Gasteiger partial charge in [0.15, 0.2) is 0 Å². The minimum Gasteiger partial charge on any atom is -0.491 e. The molecule has 1 saturated heterocycles. The Bertz CT molecular complexity index is 988. The summed E-state index contributed by atoms with van der Waals surface area (Å²) in [6.07, 6.45) is 2.37. The lowest BCUT2D eigenvalue weighted by Crippen LogP contribution is -2.33. The first-order chi connectivity index (χ1) is 14.1. The molecule has 2 aromatic rings. The van der Waals surface area contributed by atoms with E-state index in [-0.39, 0.29) is 11.7 Å². The van der Waals surface area contributed by atoms with Crippen LogP contribution in [-0.4, -0.2) is 37.1 Å². The molecule has 0 N–H and O–H groups in total. The Morgan fingerprint density at radius 3 is 2.72 bits per heavy atom. The summed E-state index contributed by atoms with van der Waals surface area (Å²) in [5.74, 6) is 7.71. The highest BCUT2D eigenvalue weighted by Crippen LogP contribution is 2.27. The monoisotopic (exact) mass is 393 g/mol. The van der Waals surface area contributed by atoms with Gasteiger partial charge in [-0.3, -0.25) is 4.79 Å². The van der Waals surface area contributed by atoms with Crippen LogP contribution in [0.15, 0.2) is 35.1 Å². The molecule has 1 aromatic heterocycles. The molecule has 2 aliphatic rings. The second-order valence-electron chi connectivity index (χ2n) is 7.82. The lowest BCUT2D eigenvalue weighted by Gasteiger charge is -2.23. The molecule has 2 fully saturated rings. The summed E-state index contributed by atoms with van der Waals surface area (Å²) < 4.78 is 18.5. The summed E-state index contributed by atoms with van der Waals surface area (Å²) in [7, 11) is 0. The third-order valence-corrected chi connectivity index (χ3v) is 5.30. The standard InChI is InChI=1S/C24H27NO4/c1-17-11-20(6-5-19-3-4-19)7-8-21(17)14-25-18(2)12-22(13-24(25)26)29-16-23-15-27-9-10-28-23/h7-8,11-13,19,23H,3-4,9-10,14-16H2,1-2H3/t23-/m1/s1. The maximum atomic E-state index is 12.7. The van der Waals surface area contributed by atoms with Crippen molar-refractivity contribution in [1.29, 1.82) is 0 Å². The number of hydrogen-bond donors (Lipinski definition) is 0. The molecule has 0 amide bonds. The largest absolute Gasteiger partial charge is 0.491 e. The number of ether oxygens (including phenoxy) is 3. The molecule has 4 rings (SSSR count). The van der Waals surface area contributed by atoms with Crippen molar-refractivity contribution in [3.05, 3.63) is 63.1 Å². The van der Waals surface area contributed by atoms with Gasteiger partial charge in [-0.2, -0.15) is 0 Å². The maximum absolute atomic E-state index is 12.7. The van der Waals surface area contributed by atoms with Crippen LogP contribution in [0.5, 0.6) is 5.75 Å². The van der Waals surface area contributed by atoms with Crippen LogP contribution in [0.1, 0.15) is 35.2 Å². The van der Waals surface area contributed by atoms with E-state index in [1.54, 1.807) is 10.6 Å². The Hall–Kier alpha value is -2.55. The molecule has 1 aromatic carbocycles. The summed E-state index contributed by atoms with van der Waals surface area (Å²) in [6.45, 7) is 6.65. The molecule has 5 heteroatoms. The number of hydrogen-bond acceptors (Lipinski definition) is 4. The summed E-state index contributed by atoms with van der Waals surface area (Å²) >= 11 is 0. The van der Waals surface area contributed by atoms with Crippen molar-refractivity contribution in [2.75, 3.05) is 26.4 Å². The van der Waals surface area contributed by atoms with Gasteiger partial charge in [0, 0.05) is 23.2 Å². The van der Waals surface area contributed by atoms with E-state index in [0.717, 1.165) is 22.4 Å². The Labute approximate surface area is 171 Å². The molecule has 0 unspecified atom stereocenters. The van der Waals surface area contributed by atoms with Crippen molar-refractivity contribution >= 4 is 0 Å². The Morgan fingerprint density at radius 2 is 2.03 bits per heavy atom. The Balaban J connectivity index is 1.44. The van der Waals surface area contributed by atoms with E-state index in [1.807, 2.05) is 19.1 Å². The Kier molecular flexibility index (Phi) is 6.03. The first-order valence-corrected chi connectivity index (χ1v) is 10.2. The van der Waals surface area contributed by atoms with Crippen LogP contribution < -0.4 is 10.3 Å². The number of pyridine rings is 1. The van der Waals surface area contributed by atoms with Gasteiger partial charge in [-0.05, 0) is 56.0 Å². The molecule has 1 aliphatic carbocycles. The van der Waals surface area contributed by atoms with E-state index in [4.69, 9.17) is 14.2 Å². The molecule has 1 atom stereocenters. The van der Waals surface area contributed by atoms with Crippen LogP contribution >= 0.6 is 0 Å². The van der Waals surface area contributed by atoms with E-state index in [9.17, 15) is 4.79 Å². The quantitative estimate of drug-likeness (QED) is 0.733. The van der Waals surface area contributed by atoms with Crippen molar-refractivity contribution in [2.45, 2.75) is 39.3 Å². The number of rotatable bonds is 5. The zero-order chi connectivity index (χ0) is 20.2. The van der Waals surface area contributed by atoms with Crippen molar-refractivity contribution in [3.63, 3.8) is 0 Å². The molecule has 0 radical (unpaired) electrons. The van der Waals surface area contributed by atoms with Crippen LogP contribution in [-0.2, 0) is 16.0 Å². The van der Waals surface area contributed by atoms with Crippen LogP contribution in [0.2, 0.25) is 0 Å². The van der Waals surface area contributed by atoms with Crippen LogP contribution in [0.25, 0.3) is 0 Å². The van der Waals surface area contributed by atoms with Gasteiger partial charge < -0.3 is 18.8 Å². The minimum atomic E-state index is -0.0873. The summed E-state index contributed by atoms with van der Waals surface area (Å²) in [6, 6.07) is 9.66. The second kappa shape index (κ2) is 8.86. The highest BCUT2D eigenvalue weighted by molar-refractivity contribution is 5.41. The van der Waals surface area contributed by atoms with E-state index in [2.05, 4.69) is 30.9 Å². The van der Waals surface area contributed by atoms with Gasteiger partial charge in [0.1, 0.15) is 18.5 Å². The molecule has 1 saturated carbocycles. The van der Waals surface area contributed by atoms with E-state index in [1.165, 1.54) is 12.8 Å². The van der Waals surface area contributed by atoms with Gasteiger partial charge in [-0.15, -0.1) is 0 Å². The van der Waals surface area contributed by atoms with Gasteiger partial charge in [0.25, 0.3) is 5.56 Å². The lowest BCUT2D eigenvalue weighted by atomic mass is 10.0. The van der Waals surface area contributed by atoms with Crippen molar-refractivity contribution in [3.8, 4) is 17.6 Å². The van der Waals surface area contributed by atoms with Crippen molar-refractivity contribution in [2.24, 2.45) is 5.92 Å². The smallest absolute Gasteiger partial charge is 0.254 e. The molecule has 29 heavy (non-hydrogen) atoms. The van der Waals surface area contributed by atoms with Gasteiger partial charge in [0.05, 0.1) is 26.4 Å². The number of benzene rings is 1. The molecule has 5 nitrogen and oxygen atoms in total. The highest BCUT2D eigenvalue weighted by atomic mass is 16.6.